The van der Waals surface area contributed by atoms with Crippen molar-refractivity contribution in [2.45, 2.75) is 0 Å². The lowest BCUT2D eigenvalue weighted by Gasteiger charge is -2.08. The number of hydrogen-bond acceptors (Lipinski definition) is 5. The lowest BCUT2D eigenvalue weighted by Crippen LogP contribution is -2.11. The summed E-state index contributed by atoms with van der Waals surface area (Å²) in [5, 5.41) is 24.7. The van der Waals surface area contributed by atoms with E-state index in [1.165, 1.54) is 6.07 Å². The van der Waals surface area contributed by atoms with Crippen LogP contribution < -0.4 is 10.1 Å². The van der Waals surface area contributed by atoms with Crippen molar-refractivity contribution in [1.82, 2.24) is 9.71 Å². The Morgan fingerprint density at radius 2 is 1.93 bits per heavy atom. The molecule has 0 saturated carbocycles. The number of rotatable bonds is 5. The molecule has 8 nitrogen and oxygen atoms in total. The molecule has 0 bridgehead atoms. The second-order valence-electron chi connectivity index (χ2n) is 6.56. The molecule has 0 aliphatic carbocycles. The van der Waals surface area contributed by atoms with Crippen LogP contribution in [0.1, 0.15) is 10.4 Å². The summed E-state index contributed by atoms with van der Waals surface area (Å²) in [5.74, 6) is 0.648. The maximum atomic E-state index is 12.4. The van der Waals surface area contributed by atoms with Crippen LogP contribution >= 0.6 is 0 Å². The van der Waals surface area contributed by atoms with Gasteiger partial charge in [0, 0.05) is 28.9 Å². The monoisotopic (exact) mass is 402 g/mol. The first-order valence-electron chi connectivity index (χ1n) is 9.01. The minimum atomic E-state index is -0.265. The van der Waals surface area contributed by atoms with Crippen molar-refractivity contribution in [3.05, 3.63) is 77.5 Å². The highest BCUT2D eigenvalue weighted by molar-refractivity contribution is 6.04. The van der Waals surface area contributed by atoms with E-state index in [0.29, 0.717) is 49.8 Å². The number of benzene rings is 3. The number of aromatic nitrogens is 2. The van der Waals surface area contributed by atoms with Crippen LogP contribution in [0.4, 0.5) is 11.4 Å². The van der Waals surface area contributed by atoms with Gasteiger partial charge in [-0.2, -0.15) is 9.47 Å². The summed E-state index contributed by atoms with van der Waals surface area (Å²) in [4.78, 5) is 16.8. The predicted molar refractivity (Wildman–Crippen MR) is 114 cm³/mol. The second-order valence-corrected chi connectivity index (χ2v) is 6.56. The molecule has 30 heavy (non-hydrogen) atoms. The SMILES string of the molecule is C=[N+]([O-])c1ccc2nc(-c3ccc(NC(=O)c4cccc(OC)c4)cc3)n(O)c2c1. The molecular formula is C22H18N4O4. The van der Waals surface area contributed by atoms with Gasteiger partial charge in [-0.25, -0.2) is 4.98 Å². The van der Waals surface area contributed by atoms with Crippen molar-refractivity contribution < 1.29 is 19.5 Å². The summed E-state index contributed by atoms with van der Waals surface area (Å²) in [6.45, 7) is 3.30. The van der Waals surface area contributed by atoms with Gasteiger partial charge in [-0.1, -0.05) is 6.07 Å². The van der Waals surface area contributed by atoms with Gasteiger partial charge in [0.1, 0.15) is 18.0 Å². The Bertz CT molecular complexity index is 1260. The Balaban J connectivity index is 1.58. The summed E-state index contributed by atoms with van der Waals surface area (Å²) < 4.78 is 6.53. The molecule has 1 amide bonds. The van der Waals surface area contributed by atoms with Crippen LogP contribution in [0.2, 0.25) is 0 Å². The summed E-state index contributed by atoms with van der Waals surface area (Å²) in [6, 6.07) is 18.5. The molecule has 8 heteroatoms. The molecular weight excluding hydrogens is 384 g/mol. The van der Waals surface area contributed by atoms with Crippen molar-refractivity contribution in [2.24, 2.45) is 0 Å². The van der Waals surface area contributed by atoms with Gasteiger partial charge in [0.25, 0.3) is 5.91 Å². The lowest BCUT2D eigenvalue weighted by molar-refractivity contribution is -0.349. The molecule has 4 rings (SSSR count). The highest BCUT2D eigenvalue weighted by Gasteiger charge is 2.15. The normalized spacial score (nSPS) is 10.7. The van der Waals surface area contributed by atoms with Crippen LogP contribution in [0.3, 0.4) is 0 Å². The molecule has 1 aromatic heterocycles. The first-order valence-corrected chi connectivity index (χ1v) is 9.01. The van der Waals surface area contributed by atoms with E-state index in [-0.39, 0.29) is 5.91 Å². The fraction of sp³-hybridized carbons (Fsp3) is 0.0455. The van der Waals surface area contributed by atoms with E-state index >= 15 is 0 Å². The van der Waals surface area contributed by atoms with Crippen molar-refractivity contribution in [3.63, 3.8) is 0 Å². The van der Waals surface area contributed by atoms with Gasteiger partial charge < -0.3 is 20.5 Å². The van der Waals surface area contributed by atoms with E-state index in [0.717, 1.165) is 4.73 Å². The zero-order valence-electron chi connectivity index (χ0n) is 16.1. The van der Waals surface area contributed by atoms with Crippen LogP contribution in [0.15, 0.2) is 66.7 Å². The van der Waals surface area contributed by atoms with Crippen molar-refractivity contribution >= 4 is 35.0 Å². The van der Waals surface area contributed by atoms with Gasteiger partial charge in [0.05, 0.1) is 12.6 Å². The number of methoxy groups -OCH3 is 1. The number of nitrogens with zero attached hydrogens (tertiary/aromatic N) is 3. The summed E-state index contributed by atoms with van der Waals surface area (Å²) in [7, 11) is 1.54. The Morgan fingerprint density at radius 1 is 1.17 bits per heavy atom. The number of ether oxygens (including phenoxy) is 1. The molecule has 0 fully saturated rings. The summed E-state index contributed by atoms with van der Waals surface area (Å²) >= 11 is 0. The zero-order chi connectivity index (χ0) is 21.3. The first-order chi connectivity index (χ1) is 14.5. The quantitative estimate of drug-likeness (QED) is 0.172. The Morgan fingerprint density at radius 3 is 2.63 bits per heavy atom. The number of carbonyl (C=O) groups is 1. The van der Waals surface area contributed by atoms with Crippen molar-refractivity contribution in [2.75, 3.05) is 12.4 Å². The molecule has 0 unspecified atom stereocenters. The average Bonchev–Trinajstić information content (AvgIpc) is 3.10. The summed E-state index contributed by atoms with van der Waals surface area (Å²) in [5.41, 5.74) is 2.94. The maximum Gasteiger partial charge on any atom is 0.255 e. The number of anilines is 1. The van der Waals surface area contributed by atoms with Gasteiger partial charge in [-0.15, -0.1) is 0 Å². The molecule has 0 spiro atoms. The molecule has 0 saturated heterocycles. The highest BCUT2D eigenvalue weighted by atomic mass is 16.5. The molecule has 1 heterocycles. The van der Waals surface area contributed by atoms with E-state index in [4.69, 9.17) is 4.74 Å². The number of carbonyl (C=O) groups excluding carboxylic acids is 1. The van der Waals surface area contributed by atoms with E-state index in [9.17, 15) is 15.2 Å². The van der Waals surface area contributed by atoms with Crippen LogP contribution in [0.5, 0.6) is 5.75 Å². The molecule has 4 aromatic rings. The van der Waals surface area contributed by atoms with E-state index < -0.39 is 0 Å². The van der Waals surface area contributed by atoms with Crippen LogP contribution in [0.25, 0.3) is 22.4 Å². The van der Waals surface area contributed by atoms with E-state index in [1.54, 1.807) is 67.8 Å². The minimum absolute atomic E-state index is 0.265. The molecule has 0 atom stereocenters. The number of fused-ring (bicyclic) bond motifs is 1. The Labute approximate surface area is 171 Å². The largest absolute Gasteiger partial charge is 0.619 e. The second kappa shape index (κ2) is 7.59. The van der Waals surface area contributed by atoms with Gasteiger partial charge in [0.2, 0.25) is 5.69 Å². The van der Waals surface area contributed by atoms with Crippen molar-refractivity contribution in [1.29, 1.82) is 0 Å². The van der Waals surface area contributed by atoms with E-state index in [2.05, 4.69) is 17.0 Å². The number of hydrogen-bond donors (Lipinski definition) is 2. The molecule has 0 aliphatic heterocycles. The Hall–Kier alpha value is -4.33. The van der Waals surface area contributed by atoms with Gasteiger partial charge in [0.15, 0.2) is 5.82 Å². The van der Waals surface area contributed by atoms with Gasteiger partial charge in [-0.05, 0) is 48.5 Å². The molecule has 2 N–H and O–H groups in total. The summed E-state index contributed by atoms with van der Waals surface area (Å²) in [6.07, 6.45) is 0. The van der Waals surface area contributed by atoms with Crippen LogP contribution in [-0.4, -0.2) is 39.4 Å². The predicted octanol–water partition coefficient (Wildman–Crippen LogP) is 4.04. The van der Waals surface area contributed by atoms with Gasteiger partial charge >= 0.3 is 0 Å². The fourth-order valence-corrected chi connectivity index (χ4v) is 3.06. The topological polar surface area (TPSA) is 102 Å². The Kier molecular flexibility index (Phi) is 4.81. The molecule has 0 radical (unpaired) electrons. The van der Waals surface area contributed by atoms with Crippen LogP contribution in [-0.2, 0) is 0 Å². The third-order valence-electron chi connectivity index (χ3n) is 4.64. The smallest absolute Gasteiger partial charge is 0.255 e. The number of nitrogens with one attached hydrogen (secondary N) is 1. The standard InChI is InChI=1S/C22H18N4O4/c1-25(28)17-10-11-19-20(13-17)26(29)21(24-19)14-6-8-16(9-7-14)23-22(27)15-4-3-5-18(12-15)30-2/h3-13,29H,1H2,2H3,(H,23,27). The zero-order valence-corrected chi connectivity index (χ0v) is 16.1. The molecule has 3 aromatic carbocycles. The fourth-order valence-electron chi connectivity index (χ4n) is 3.06. The number of imidazole rings is 1. The average molecular weight is 402 g/mol. The van der Waals surface area contributed by atoms with E-state index in [1.807, 2.05) is 0 Å². The third-order valence-corrected chi connectivity index (χ3v) is 4.64. The maximum absolute atomic E-state index is 12.4. The first kappa shape index (κ1) is 19.0. The number of amides is 1. The van der Waals surface area contributed by atoms with Crippen molar-refractivity contribution in [3.8, 4) is 17.1 Å². The third kappa shape index (κ3) is 3.53. The lowest BCUT2D eigenvalue weighted by atomic mass is 10.1. The minimum Gasteiger partial charge on any atom is -0.619 e. The highest BCUT2D eigenvalue weighted by Crippen LogP contribution is 2.27. The molecule has 0 aliphatic rings. The molecule has 150 valence electrons. The van der Waals surface area contributed by atoms with Crippen LogP contribution in [0, 0.1) is 5.21 Å². The van der Waals surface area contributed by atoms with Gasteiger partial charge in [-0.3, -0.25) is 4.79 Å².